The average Bonchev–Trinajstić information content (AvgIpc) is 3.12. The first-order chi connectivity index (χ1) is 25.3. The fourth-order valence-electron chi connectivity index (χ4n) is 4.25. The first kappa shape index (κ1) is 46.6. The van der Waals surface area contributed by atoms with E-state index in [1.165, 1.54) is 42.5 Å². The van der Waals surface area contributed by atoms with E-state index in [0.29, 0.717) is 24.2 Å². The summed E-state index contributed by atoms with van der Waals surface area (Å²) in [6.07, 6.45) is 5.58. The van der Waals surface area contributed by atoms with Gasteiger partial charge in [0.2, 0.25) is 23.1 Å². The van der Waals surface area contributed by atoms with E-state index >= 15 is 0 Å². The van der Waals surface area contributed by atoms with E-state index in [4.69, 9.17) is 20.4 Å². The highest BCUT2D eigenvalue weighted by molar-refractivity contribution is 7.86. The standard InChI is InChI=1S/C9H13NO5S.C9H13NO3.C9H11NO3.C8H6O4/c1-10-5-9(16(13,14)15)6-2-3-7(11)8(12)4-6;2*1-10-5-9(13)6-2-3-7(11)8(12)4-6;9-4-8(12)5-1-2-6(10)7(11)3-5/h2-4,9-12H,5H2,1H3,(H,13,14,15);2-4,9-13H,5H2,1H3;2-4,9-10,13H,5H2,1H3;1-3,9H,4H2/t3*9-;/m000./s1. The average molecular weight is 778 g/mol. The summed E-state index contributed by atoms with van der Waals surface area (Å²) in [5.74, 6) is -4.25. The van der Waals surface area contributed by atoms with E-state index in [1.807, 2.05) is 0 Å². The molecule has 0 spiro atoms. The Labute approximate surface area is 310 Å². The van der Waals surface area contributed by atoms with Crippen molar-refractivity contribution < 1.29 is 78.0 Å². The van der Waals surface area contributed by atoms with E-state index < -0.39 is 68.8 Å². The van der Waals surface area contributed by atoms with E-state index in [1.54, 1.807) is 32.5 Å². The Kier molecular flexibility index (Phi) is 19.6. The number of likely N-dealkylation sites (N-methyl/N-ethyl adjacent to an activating group) is 3. The molecule has 19 heteroatoms. The van der Waals surface area contributed by atoms with Gasteiger partial charge in [-0.15, -0.1) is 0 Å². The number of nitrogens with two attached hydrogens (primary N) is 1. The van der Waals surface area contributed by atoms with Gasteiger partial charge in [0.15, 0.2) is 28.8 Å². The van der Waals surface area contributed by atoms with Gasteiger partial charge >= 0.3 is 0 Å². The third-order valence-electron chi connectivity index (χ3n) is 7.11. The Bertz CT molecular complexity index is 1900. The van der Waals surface area contributed by atoms with Gasteiger partial charge in [0.05, 0.1) is 25.8 Å². The highest BCUT2D eigenvalue weighted by Crippen LogP contribution is 2.30. The number of aliphatic hydroxyl groups is 3. The molecule has 2 aliphatic rings. The maximum Gasteiger partial charge on any atom is 0.226 e. The van der Waals surface area contributed by atoms with Gasteiger partial charge in [0.25, 0.3) is 0 Å². The minimum absolute atomic E-state index is 0.0655. The number of Topliss-reactive ketones (excluding diaryl/α,β-unsaturated/α-hetero) is 1. The number of carbonyl (C=O) groups is 5. The van der Waals surface area contributed by atoms with Crippen molar-refractivity contribution in [2.75, 3.05) is 47.4 Å². The number of phenolic OH excluding ortho intramolecular Hbond substituents is 4. The molecular formula is C35H43N3O15S. The Hall–Kier alpha value is -5.38. The number of phenols is 4. The van der Waals surface area contributed by atoms with E-state index in [-0.39, 0.29) is 34.9 Å². The SMILES string of the molecule is CNC[C@H](O)C1=CC(=O)C(=O)C=C1.CNC[C@H](O)c1ccc(O)c(O)c1.C[NH2+]C[C@@H](c1ccc(O)c(O)c1)S(=O)(=O)[O-].O=C1C=CC(C(=O)CO)=CC1=O. The van der Waals surface area contributed by atoms with E-state index in [2.05, 4.69) is 10.6 Å². The maximum atomic E-state index is 11.0. The summed E-state index contributed by atoms with van der Waals surface area (Å²) >= 11 is 0. The fourth-order valence-corrected chi connectivity index (χ4v) is 5.16. The second-order valence-corrected chi connectivity index (χ2v) is 12.8. The zero-order valence-corrected chi connectivity index (χ0v) is 30.2. The molecule has 0 amide bonds. The molecule has 0 saturated heterocycles. The predicted molar refractivity (Wildman–Crippen MR) is 190 cm³/mol. The van der Waals surface area contributed by atoms with Crippen LogP contribution in [0, 0.1) is 0 Å². The van der Waals surface area contributed by atoms with Crippen molar-refractivity contribution in [3.8, 4) is 23.0 Å². The van der Waals surface area contributed by atoms with Crippen LogP contribution in [0.2, 0.25) is 0 Å². The highest BCUT2D eigenvalue weighted by Gasteiger charge is 2.21. The molecule has 0 radical (unpaired) electrons. The van der Waals surface area contributed by atoms with Crippen LogP contribution in [0.1, 0.15) is 22.5 Å². The number of allylic oxidation sites excluding steroid dienone is 5. The van der Waals surface area contributed by atoms with Gasteiger partial charge in [-0.05, 0) is 79.4 Å². The number of hydrogen-bond acceptors (Lipinski definition) is 17. The summed E-state index contributed by atoms with van der Waals surface area (Å²) in [6, 6.07) is 7.80. The van der Waals surface area contributed by atoms with Crippen LogP contribution < -0.4 is 16.0 Å². The number of quaternary nitrogens is 1. The molecule has 0 fully saturated rings. The highest BCUT2D eigenvalue weighted by atomic mass is 32.2. The van der Waals surface area contributed by atoms with Crippen LogP contribution >= 0.6 is 0 Å². The van der Waals surface area contributed by atoms with Crippen molar-refractivity contribution in [2.24, 2.45) is 0 Å². The molecule has 3 atom stereocenters. The van der Waals surface area contributed by atoms with Crippen LogP contribution in [0.25, 0.3) is 0 Å². The number of benzene rings is 2. The smallest absolute Gasteiger partial charge is 0.226 e. The van der Waals surface area contributed by atoms with Gasteiger partial charge in [0, 0.05) is 24.7 Å². The van der Waals surface area contributed by atoms with Crippen molar-refractivity contribution in [1.29, 1.82) is 0 Å². The van der Waals surface area contributed by atoms with Crippen LogP contribution in [0.4, 0.5) is 0 Å². The molecule has 11 N–H and O–H groups in total. The van der Waals surface area contributed by atoms with Crippen molar-refractivity contribution in [2.45, 2.75) is 17.5 Å². The third kappa shape index (κ3) is 15.3. The van der Waals surface area contributed by atoms with Crippen molar-refractivity contribution in [3.63, 3.8) is 0 Å². The number of carbonyl (C=O) groups excluding carboxylic acids is 5. The summed E-state index contributed by atoms with van der Waals surface area (Å²) in [5, 5.41) is 69.7. The molecule has 2 aliphatic carbocycles. The zero-order chi connectivity index (χ0) is 41.2. The molecule has 18 nitrogen and oxygen atoms in total. The first-order valence-electron chi connectivity index (χ1n) is 15.8. The number of aromatic hydroxyl groups is 4. The van der Waals surface area contributed by atoms with Crippen molar-refractivity contribution in [1.82, 2.24) is 10.6 Å². The second kappa shape index (κ2) is 22.6. The lowest BCUT2D eigenvalue weighted by Gasteiger charge is -2.19. The molecule has 0 aliphatic heterocycles. The minimum atomic E-state index is -4.48. The Morgan fingerprint density at radius 1 is 0.722 bits per heavy atom. The number of rotatable bonds is 12. The third-order valence-corrected chi connectivity index (χ3v) is 8.27. The van der Waals surface area contributed by atoms with Gasteiger partial charge in [-0.2, -0.15) is 0 Å². The molecule has 294 valence electrons. The molecule has 0 unspecified atom stereocenters. The molecule has 0 bridgehead atoms. The van der Waals surface area contributed by atoms with Crippen LogP contribution in [-0.2, 0) is 34.1 Å². The molecule has 2 aromatic carbocycles. The summed E-state index contributed by atoms with van der Waals surface area (Å²) in [4.78, 5) is 53.7. The summed E-state index contributed by atoms with van der Waals surface area (Å²) in [7, 11) is 0.577. The molecule has 0 heterocycles. The van der Waals surface area contributed by atoms with Crippen LogP contribution in [0.15, 0.2) is 84.0 Å². The Morgan fingerprint density at radius 2 is 1.20 bits per heavy atom. The predicted octanol–water partition coefficient (Wildman–Crippen LogP) is -2.39. The topological polar surface area (TPSA) is 325 Å². The quantitative estimate of drug-likeness (QED) is 0.0465. The molecule has 2 aromatic rings. The minimum Gasteiger partial charge on any atom is -0.747 e. The van der Waals surface area contributed by atoms with Gasteiger partial charge in [0.1, 0.15) is 22.0 Å². The molecule has 0 aromatic heterocycles. The molecule has 54 heavy (non-hydrogen) atoms. The van der Waals surface area contributed by atoms with Gasteiger partial charge in [-0.1, -0.05) is 18.2 Å². The largest absolute Gasteiger partial charge is 0.747 e. The number of ketones is 5. The van der Waals surface area contributed by atoms with Crippen molar-refractivity contribution in [3.05, 3.63) is 95.1 Å². The maximum absolute atomic E-state index is 11.0. The normalized spacial score (nSPS) is 15.2. The molecule has 4 rings (SSSR count). The number of aliphatic hydroxyl groups excluding tert-OH is 3. The lowest BCUT2D eigenvalue weighted by Crippen LogP contribution is -2.81. The molecule has 0 saturated carbocycles. The first-order valence-corrected chi connectivity index (χ1v) is 17.3. The van der Waals surface area contributed by atoms with Gasteiger partial charge in [-0.25, -0.2) is 8.42 Å². The van der Waals surface area contributed by atoms with Crippen LogP contribution in [0.3, 0.4) is 0 Å². The van der Waals surface area contributed by atoms with Crippen LogP contribution in [0.5, 0.6) is 23.0 Å². The zero-order valence-electron chi connectivity index (χ0n) is 29.4. The van der Waals surface area contributed by atoms with E-state index in [0.717, 1.165) is 24.3 Å². The Morgan fingerprint density at radius 3 is 1.65 bits per heavy atom. The van der Waals surface area contributed by atoms with Gasteiger partial charge < -0.3 is 56.2 Å². The van der Waals surface area contributed by atoms with E-state index in [9.17, 15) is 52.3 Å². The summed E-state index contributed by atoms with van der Waals surface area (Å²) in [5.41, 5.74) is 1.29. The summed E-state index contributed by atoms with van der Waals surface area (Å²) < 4.78 is 33.0. The second-order valence-electron chi connectivity index (χ2n) is 11.2. The van der Waals surface area contributed by atoms with Crippen molar-refractivity contribution >= 4 is 39.0 Å². The number of hydrogen-bond donors (Lipinski definition) is 10. The number of nitrogens with one attached hydrogen (secondary N) is 2. The lowest BCUT2D eigenvalue weighted by atomic mass is 10.0. The van der Waals surface area contributed by atoms with Crippen LogP contribution in [-0.4, -0.2) is 131 Å². The van der Waals surface area contributed by atoms with Gasteiger partial charge in [-0.3, -0.25) is 24.0 Å². The monoisotopic (exact) mass is 777 g/mol. The Balaban J connectivity index is 0.000000362. The fraction of sp³-hybridized carbons (Fsp3) is 0.286. The molecular weight excluding hydrogens is 734 g/mol. The lowest BCUT2D eigenvalue weighted by molar-refractivity contribution is -0.627. The summed E-state index contributed by atoms with van der Waals surface area (Å²) in [6.45, 7) is 0.176.